The minimum absolute atomic E-state index is 0.122. The van der Waals surface area contributed by atoms with Gasteiger partial charge in [0, 0.05) is 18.3 Å². The van der Waals surface area contributed by atoms with Gasteiger partial charge in [0.2, 0.25) is 0 Å². The quantitative estimate of drug-likeness (QED) is 0.906. The smallest absolute Gasteiger partial charge is 0.124 e. The highest BCUT2D eigenvalue weighted by Gasteiger charge is 2.08. The molecule has 0 radical (unpaired) electrons. The van der Waals surface area contributed by atoms with E-state index < -0.39 is 0 Å². The second-order valence-electron chi connectivity index (χ2n) is 5.89. The molecule has 0 aliphatic rings. The van der Waals surface area contributed by atoms with Crippen molar-refractivity contribution in [2.45, 2.75) is 46.4 Å². The van der Waals surface area contributed by atoms with Crippen molar-refractivity contribution in [1.82, 2.24) is 10.3 Å². The molecule has 0 aliphatic heterocycles. The Morgan fingerprint density at radius 2 is 2.10 bits per heavy atom. The van der Waals surface area contributed by atoms with Crippen LogP contribution in [0, 0.1) is 6.92 Å². The van der Waals surface area contributed by atoms with E-state index in [9.17, 15) is 0 Å². The first-order chi connectivity index (χ1) is 9.42. The summed E-state index contributed by atoms with van der Waals surface area (Å²) in [6.07, 6.45) is 1.88. The van der Waals surface area contributed by atoms with Crippen LogP contribution in [0.3, 0.4) is 0 Å². The number of benzene rings is 1. The highest BCUT2D eigenvalue weighted by molar-refractivity contribution is 7.11. The normalized spacial score (nSPS) is 11.6. The molecule has 1 N–H and O–H groups in total. The average molecular weight is 290 g/mol. The predicted molar refractivity (Wildman–Crippen MR) is 84.2 cm³/mol. The van der Waals surface area contributed by atoms with Gasteiger partial charge >= 0.3 is 0 Å². The van der Waals surface area contributed by atoms with Gasteiger partial charge in [-0.15, -0.1) is 11.3 Å². The third kappa shape index (κ3) is 4.94. The van der Waals surface area contributed by atoms with Gasteiger partial charge < -0.3 is 10.1 Å². The second-order valence-corrected chi connectivity index (χ2v) is 7.20. The van der Waals surface area contributed by atoms with E-state index in [0.29, 0.717) is 6.61 Å². The monoisotopic (exact) mass is 290 g/mol. The Balaban J connectivity index is 1.92. The number of nitrogens with zero attached hydrogens (tertiary/aromatic N) is 1. The fourth-order valence-corrected chi connectivity index (χ4v) is 2.45. The van der Waals surface area contributed by atoms with E-state index in [1.165, 1.54) is 5.56 Å². The molecule has 2 rings (SSSR count). The van der Waals surface area contributed by atoms with Crippen molar-refractivity contribution in [3.63, 3.8) is 0 Å². The topological polar surface area (TPSA) is 34.1 Å². The molecule has 0 saturated heterocycles. The Hall–Kier alpha value is -1.39. The minimum Gasteiger partial charge on any atom is -0.488 e. The molecule has 0 bridgehead atoms. The number of hydrogen-bond donors (Lipinski definition) is 1. The maximum atomic E-state index is 5.82. The molecule has 3 nitrogen and oxygen atoms in total. The molecule has 0 amide bonds. The van der Waals surface area contributed by atoms with Crippen molar-refractivity contribution >= 4 is 11.3 Å². The van der Waals surface area contributed by atoms with Crippen molar-refractivity contribution in [1.29, 1.82) is 0 Å². The Labute approximate surface area is 125 Å². The summed E-state index contributed by atoms with van der Waals surface area (Å²) in [6.45, 7) is 9.94. The molecule has 1 heterocycles. The zero-order chi connectivity index (χ0) is 14.6. The minimum atomic E-state index is 0.122. The maximum Gasteiger partial charge on any atom is 0.124 e. The van der Waals surface area contributed by atoms with E-state index in [0.717, 1.165) is 22.2 Å². The lowest BCUT2D eigenvalue weighted by Gasteiger charge is -2.20. The van der Waals surface area contributed by atoms with Crippen LogP contribution in [0.5, 0.6) is 5.75 Å². The van der Waals surface area contributed by atoms with Crippen LogP contribution >= 0.6 is 11.3 Å². The second kappa shape index (κ2) is 6.37. The molecular weight excluding hydrogens is 268 g/mol. The molecule has 0 fully saturated rings. The third-order valence-electron chi connectivity index (χ3n) is 2.77. The first-order valence-electron chi connectivity index (χ1n) is 6.80. The van der Waals surface area contributed by atoms with E-state index >= 15 is 0 Å². The fourth-order valence-electron chi connectivity index (χ4n) is 1.74. The summed E-state index contributed by atoms with van der Waals surface area (Å²) in [5.41, 5.74) is 1.36. The fraction of sp³-hybridized carbons (Fsp3) is 0.438. The van der Waals surface area contributed by atoms with E-state index in [2.05, 4.69) is 43.2 Å². The van der Waals surface area contributed by atoms with Crippen molar-refractivity contribution in [2.75, 3.05) is 0 Å². The van der Waals surface area contributed by atoms with Gasteiger partial charge in [0.1, 0.15) is 12.4 Å². The Morgan fingerprint density at radius 1 is 1.30 bits per heavy atom. The molecule has 1 aromatic carbocycles. The van der Waals surface area contributed by atoms with Gasteiger partial charge in [-0.05, 0) is 45.4 Å². The predicted octanol–water partition coefficient (Wildman–Crippen LogP) is 3.92. The van der Waals surface area contributed by atoms with Crippen LogP contribution in [0.2, 0.25) is 0 Å². The van der Waals surface area contributed by atoms with Crippen molar-refractivity contribution in [3.05, 3.63) is 45.9 Å². The summed E-state index contributed by atoms with van der Waals surface area (Å²) in [4.78, 5) is 5.38. The molecule has 4 heteroatoms. The molecular formula is C16H22N2OS. The third-order valence-corrected chi connectivity index (χ3v) is 3.66. The Bertz CT molecular complexity index is 558. The van der Waals surface area contributed by atoms with E-state index in [4.69, 9.17) is 4.74 Å². The molecule has 108 valence electrons. The lowest BCUT2D eigenvalue weighted by molar-refractivity contribution is 0.309. The summed E-state index contributed by atoms with van der Waals surface area (Å²) in [5.74, 6) is 0.907. The number of thiazole rings is 1. The van der Waals surface area contributed by atoms with Crippen molar-refractivity contribution in [2.24, 2.45) is 0 Å². The van der Waals surface area contributed by atoms with Crippen LogP contribution in [-0.4, -0.2) is 10.5 Å². The maximum absolute atomic E-state index is 5.82. The molecule has 0 aliphatic carbocycles. The number of rotatable bonds is 5. The van der Waals surface area contributed by atoms with Gasteiger partial charge in [-0.1, -0.05) is 12.1 Å². The number of nitrogens with one attached hydrogen (secondary N) is 1. The largest absolute Gasteiger partial charge is 0.488 e. The van der Waals surface area contributed by atoms with Crippen LogP contribution in [0.4, 0.5) is 0 Å². The number of aromatic nitrogens is 1. The van der Waals surface area contributed by atoms with Gasteiger partial charge in [-0.3, -0.25) is 0 Å². The molecule has 20 heavy (non-hydrogen) atoms. The standard InChI is InChI=1S/C16H22N2OS/c1-12-17-10-15(20-12)11-19-14-7-5-6-13(8-14)9-18-16(2,3)4/h5-8,10,18H,9,11H2,1-4H3. The molecule has 0 atom stereocenters. The summed E-state index contributed by atoms with van der Waals surface area (Å²) >= 11 is 1.68. The zero-order valence-electron chi connectivity index (χ0n) is 12.6. The number of ether oxygens (including phenoxy) is 1. The van der Waals surface area contributed by atoms with E-state index in [1.807, 2.05) is 25.3 Å². The first kappa shape index (κ1) is 15.0. The van der Waals surface area contributed by atoms with Crippen LogP contribution in [0.15, 0.2) is 30.5 Å². The highest BCUT2D eigenvalue weighted by atomic mass is 32.1. The molecule has 2 aromatic rings. The summed E-state index contributed by atoms with van der Waals surface area (Å²) in [7, 11) is 0. The first-order valence-corrected chi connectivity index (χ1v) is 7.62. The average Bonchev–Trinajstić information content (AvgIpc) is 2.80. The summed E-state index contributed by atoms with van der Waals surface area (Å²) in [6, 6.07) is 8.23. The van der Waals surface area contributed by atoms with Gasteiger partial charge in [-0.25, -0.2) is 4.98 Å². The Morgan fingerprint density at radius 3 is 2.75 bits per heavy atom. The van der Waals surface area contributed by atoms with Gasteiger partial charge in [0.05, 0.1) is 9.88 Å². The van der Waals surface area contributed by atoms with Crippen molar-refractivity contribution < 1.29 is 4.74 Å². The van der Waals surface area contributed by atoms with Gasteiger partial charge in [0.15, 0.2) is 0 Å². The molecule has 0 spiro atoms. The zero-order valence-corrected chi connectivity index (χ0v) is 13.4. The molecule has 0 unspecified atom stereocenters. The number of aryl methyl sites for hydroxylation is 1. The molecule has 0 saturated carbocycles. The summed E-state index contributed by atoms with van der Waals surface area (Å²) < 4.78 is 5.82. The SMILES string of the molecule is Cc1ncc(COc2cccc(CNC(C)(C)C)c2)s1. The van der Waals surface area contributed by atoms with Gasteiger partial charge in [0.25, 0.3) is 0 Å². The molecule has 1 aromatic heterocycles. The van der Waals surface area contributed by atoms with Gasteiger partial charge in [-0.2, -0.15) is 0 Å². The Kier molecular flexibility index (Phi) is 4.78. The lowest BCUT2D eigenvalue weighted by atomic mass is 10.1. The van der Waals surface area contributed by atoms with Crippen LogP contribution in [-0.2, 0) is 13.2 Å². The van der Waals surface area contributed by atoms with E-state index in [1.54, 1.807) is 11.3 Å². The van der Waals surface area contributed by atoms with E-state index in [-0.39, 0.29) is 5.54 Å². The van der Waals surface area contributed by atoms with Crippen LogP contribution in [0.1, 0.15) is 36.2 Å². The van der Waals surface area contributed by atoms with Crippen LogP contribution in [0.25, 0.3) is 0 Å². The van der Waals surface area contributed by atoms with Crippen LogP contribution < -0.4 is 10.1 Å². The highest BCUT2D eigenvalue weighted by Crippen LogP contribution is 2.18. The number of hydrogen-bond acceptors (Lipinski definition) is 4. The van der Waals surface area contributed by atoms with Crippen molar-refractivity contribution in [3.8, 4) is 5.75 Å². The lowest BCUT2D eigenvalue weighted by Crippen LogP contribution is -2.35. The summed E-state index contributed by atoms with van der Waals surface area (Å²) in [5, 5.41) is 4.55.